The van der Waals surface area contributed by atoms with Crippen LogP contribution in [0.25, 0.3) is 0 Å². The van der Waals surface area contributed by atoms with Gasteiger partial charge in [-0.05, 0) is 44.7 Å². The van der Waals surface area contributed by atoms with Gasteiger partial charge in [0.05, 0.1) is 0 Å². The maximum atomic E-state index is 4.21. The number of hydrogen-bond donors (Lipinski definition) is 1. The second kappa shape index (κ2) is 5.83. The minimum absolute atomic E-state index is 0.750. The van der Waals surface area contributed by atoms with Crippen LogP contribution in [0, 0.1) is 0 Å². The van der Waals surface area contributed by atoms with Crippen LogP contribution in [0.15, 0.2) is 12.2 Å². The lowest BCUT2D eigenvalue weighted by molar-refractivity contribution is 0.230. The van der Waals surface area contributed by atoms with Gasteiger partial charge < -0.3 is 5.32 Å². The van der Waals surface area contributed by atoms with Gasteiger partial charge in [-0.25, -0.2) is 0 Å². The molecular formula is C14H26N2. The monoisotopic (exact) mass is 222 g/mol. The summed E-state index contributed by atoms with van der Waals surface area (Å²) < 4.78 is 0. The molecule has 0 bridgehead atoms. The van der Waals surface area contributed by atoms with Gasteiger partial charge in [0, 0.05) is 25.2 Å². The van der Waals surface area contributed by atoms with E-state index in [-0.39, 0.29) is 0 Å². The largest absolute Gasteiger partial charge is 0.310 e. The lowest BCUT2D eigenvalue weighted by Gasteiger charge is -2.27. The molecule has 1 aliphatic heterocycles. The molecule has 1 unspecified atom stereocenters. The Morgan fingerprint density at radius 1 is 1.25 bits per heavy atom. The van der Waals surface area contributed by atoms with E-state index >= 15 is 0 Å². The predicted octanol–water partition coefficient (Wildman–Crippen LogP) is 2.56. The Kier molecular flexibility index (Phi) is 4.42. The average molecular weight is 222 g/mol. The van der Waals surface area contributed by atoms with E-state index in [1.165, 1.54) is 50.6 Å². The van der Waals surface area contributed by atoms with Crippen LogP contribution in [-0.2, 0) is 0 Å². The van der Waals surface area contributed by atoms with Crippen LogP contribution >= 0.6 is 0 Å². The Hall–Kier alpha value is -0.340. The highest BCUT2D eigenvalue weighted by Crippen LogP contribution is 2.19. The Labute approximate surface area is 100 Å². The van der Waals surface area contributed by atoms with E-state index in [0.717, 1.165) is 25.2 Å². The molecule has 0 aromatic carbocycles. The van der Waals surface area contributed by atoms with Crippen LogP contribution in [0.1, 0.15) is 45.4 Å². The summed E-state index contributed by atoms with van der Waals surface area (Å²) in [6.45, 7) is 9.96. The van der Waals surface area contributed by atoms with Crippen LogP contribution in [0.4, 0.5) is 0 Å². The summed E-state index contributed by atoms with van der Waals surface area (Å²) in [4.78, 5) is 2.61. The van der Waals surface area contributed by atoms with Crippen LogP contribution < -0.4 is 5.32 Å². The molecule has 0 aromatic heterocycles. The highest BCUT2D eigenvalue weighted by atomic mass is 15.2. The Morgan fingerprint density at radius 3 is 2.81 bits per heavy atom. The first-order valence-corrected chi connectivity index (χ1v) is 6.90. The van der Waals surface area contributed by atoms with Gasteiger partial charge in [-0.1, -0.05) is 19.4 Å². The first kappa shape index (κ1) is 12.1. The Balaban J connectivity index is 1.70. The van der Waals surface area contributed by atoms with Gasteiger partial charge in [0.1, 0.15) is 0 Å². The lowest BCUT2D eigenvalue weighted by atomic mass is 10.1. The fourth-order valence-electron chi connectivity index (χ4n) is 2.49. The van der Waals surface area contributed by atoms with E-state index in [0.29, 0.717) is 0 Å². The van der Waals surface area contributed by atoms with Crippen molar-refractivity contribution in [2.75, 3.05) is 19.6 Å². The van der Waals surface area contributed by atoms with Crippen LogP contribution in [0.5, 0.6) is 0 Å². The fraction of sp³-hybridized carbons (Fsp3) is 0.857. The normalized spacial score (nSPS) is 27.7. The minimum Gasteiger partial charge on any atom is -0.310 e. The zero-order valence-corrected chi connectivity index (χ0v) is 10.7. The molecule has 2 nitrogen and oxygen atoms in total. The van der Waals surface area contributed by atoms with E-state index in [1.807, 2.05) is 0 Å². The van der Waals surface area contributed by atoms with Crippen LogP contribution in [0.2, 0.25) is 0 Å². The third kappa shape index (κ3) is 3.91. The Bertz CT molecular complexity index is 233. The molecule has 1 aliphatic carbocycles. The van der Waals surface area contributed by atoms with Gasteiger partial charge in [0.15, 0.2) is 0 Å². The second-order valence-corrected chi connectivity index (χ2v) is 5.57. The summed E-state index contributed by atoms with van der Waals surface area (Å²) in [5.41, 5.74) is 1.36. The topological polar surface area (TPSA) is 15.3 Å². The fourth-order valence-corrected chi connectivity index (χ4v) is 2.49. The third-order valence-electron chi connectivity index (χ3n) is 3.84. The molecule has 0 aromatic rings. The molecule has 2 fully saturated rings. The first-order chi connectivity index (χ1) is 7.75. The summed E-state index contributed by atoms with van der Waals surface area (Å²) in [5, 5.41) is 3.55. The molecule has 1 atom stereocenters. The maximum absolute atomic E-state index is 4.21. The molecule has 16 heavy (non-hydrogen) atoms. The van der Waals surface area contributed by atoms with Gasteiger partial charge in [0.25, 0.3) is 0 Å². The minimum atomic E-state index is 0.750. The summed E-state index contributed by atoms with van der Waals surface area (Å²) in [6.07, 6.45) is 8.29. The van der Waals surface area contributed by atoms with Crippen molar-refractivity contribution in [1.82, 2.24) is 10.2 Å². The van der Waals surface area contributed by atoms with Gasteiger partial charge >= 0.3 is 0 Å². The van der Waals surface area contributed by atoms with Crippen molar-refractivity contribution >= 4 is 0 Å². The van der Waals surface area contributed by atoms with E-state index < -0.39 is 0 Å². The van der Waals surface area contributed by atoms with Gasteiger partial charge in [0.2, 0.25) is 0 Å². The van der Waals surface area contributed by atoms with Crippen molar-refractivity contribution in [3.63, 3.8) is 0 Å². The predicted molar refractivity (Wildman–Crippen MR) is 69.7 cm³/mol. The van der Waals surface area contributed by atoms with Crippen molar-refractivity contribution < 1.29 is 0 Å². The van der Waals surface area contributed by atoms with Crippen molar-refractivity contribution in [1.29, 1.82) is 0 Å². The van der Waals surface area contributed by atoms with Gasteiger partial charge in [-0.3, -0.25) is 4.90 Å². The molecular weight excluding hydrogens is 196 g/mol. The third-order valence-corrected chi connectivity index (χ3v) is 3.84. The van der Waals surface area contributed by atoms with Crippen LogP contribution in [-0.4, -0.2) is 36.6 Å². The lowest BCUT2D eigenvalue weighted by Crippen LogP contribution is -2.36. The smallest absolute Gasteiger partial charge is 0.0205 e. The van der Waals surface area contributed by atoms with Crippen molar-refractivity contribution in [3.05, 3.63) is 12.2 Å². The standard InChI is InChI=1S/C14H26N2/c1-12(10-15-14-7-8-14)11-16-9-5-3-4-6-13(16)2/h13-15H,1,3-11H2,2H3. The number of nitrogens with one attached hydrogen (secondary N) is 1. The van der Waals surface area contributed by atoms with E-state index in [2.05, 4.69) is 23.7 Å². The van der Waals surface area contributed by atoms with E-state index in [4.69, 9.17) is 0 Å². The summed E-state index contributed by atoms with van der Waals surface area (Å²) >= 11 is 0. The molecule has 1 heterocycles. The Morgan fingerprint density at radius 2 is 2.06 bits per heavy atom. The summed E-state index contributed by atoms with van der Waals surface area (Å²) in [6, 6.07) is 1.55. The molecule has 0 radical (unpaired) electrons. The molecule has 2 aliphatic rings. The highest BCUT2D eigenvalue weighted by Gasteiger charge is 2.21. The van der Waals surface area contributed by atoms with Gasteiger partial charge in [-0.2, -0.15) is 0 Å². The molecule has 1 saturated heterocycles. The molecule has 0 spiro atoms. The zero-order chi connectivity index (χ0) is 11.4. The van der Waals surface area contributed by atoms with E-state index in [1.54, 1.807) is 0 Å². The van der Waals surface area contributed by atoms with Crippen LogP contribution in [0.3, 0.4) is 0 Å². The molecule has 2 heteroatoms. The second-order valence-electron chi connectivity index (χ2n) is 5.57. The van der Waals surface area contributed by atoms with Crippen molar-refractivity contribution in [2.45, 2.75) is 57.5 Å². The van der Waals surface area contributed by atoms with Crippen molar-refractivity contribution in [2.24, 2.45) is 0 Å². The molecule has 2 rings (SSSR count). The quantitative estimate of drug-likeness (QED) is 0.719. The zero-order valence-electron chi connectivity index (χ0n) is 10.7. The molecule has 92 valence electrons. The summed E-state index contributed by atoms with van der Waals surface area (Å²) in [5.74, 6) is 0. The highest BCUT2D eigenvalue weighted by molar-refractivity contribution is 5.02. The maximum Gasteiger partial charge on any atom is 0.0205 e. The van der Waals surface area contributed by atoms with E-state index in [9.17, 15) is 0 Å². The summed E-state index contributed by atoms with van der Waals surface area (Å²) in [7, 11) is 0. The number of hydrogen-bond acceptors (Lipinski definition) is 2. The average Bonchev–Trinajstić information content (AvgIpc) is 3.07. The number of nitrogens with zero attached hydrogens (tertiary/aromatic N) is 1. The van der Waals surface area contributed by atoms with Gasteiger partial charge in [-0.15, -0.1) is 0 Å². The first-order valence-electron chi connectivity index (χ1n) is 6.90. The number of rotatable bonds is 5. The number of likely N-dealkylation sites (tertiary alicyclic amines) is 1. The molecule has 1 saturated carbocycles. The van der Waals surface area contributed by atoms with Crippen molar-refractivity contribution in [3.8, 4) is 0 Å². The molecule has 1 N–H and O–H groups in total. The SMILES string of the molecule is C=C(CNC1CC1)CN1CCCCCC1C. The molecule has 0 amide bonds.